The van der Waals surface area contributed by atoms with Crippen LogP contribution in [0.5, 0.6) is 5.75 Å². The van der Waals surface area contributed by atoms with Crippen molar-refractivity contribution in [1.82, 2.24) is 4.31 Å². The summed E-state index contributed by atoms with van der Waals surface area (Å²) < 4.78 is 32.6. The van der Waals surface area contributed by atoms with Crippen LogP contribution in [0.3, 0.4) is 0 Å². The van der Waals surface area contributed by atoms with Gasteiger partial charge in [0.15, 0.2) is 0 Å². The highest BCUT2D eigenvalue weighted by molar-refractivity contribution is 7.89. The van der Waals surface area contributed by atoms with Gasteiger partial charge in [0.1, 0.15) is 18.4 Å². The van der Waals surface area contributed by atoms with Gasteiger partial charge in [-0.3, -0.25) is 4.79 Å². The number of aliphatic carboxylic acids is 1. The second-order valence-electron chi connectivity index (χ2n) is 7.77. The summed E-state index contributed by atoms with van der Waals surface area (Å²) in [6.07, 6.45) is -0.543. The van der Waals surface area contributed by atoms with Crippen molar-refractivity contribution in [3.05, 3.63) is 59.7 Å². The van der Waals surface area contributed by atoms with Gasteiger partial charge >= 0.3 is 5.97 Å². The fourth-order valence-electron chi connectivity index (χ4n) is 3.67. The Morgan fingerprint density at radius 2 is 1.80 bits per heavy atom. The molecule has 7 nitrogen and oxygen atoms in total. The molecule has 2 atom stereocenters. The molecule has 0 amide bonds. The molecule has 0 bridgehead atoms. The number of piperidine rings is 1. The molecule has 2 aromatic rings. The standard InChI is InChI=1S/C22H27NO6S/c1-15(2)20-6-4-3-5-16(20)14-29-18-8-10-19(11-9-18)30(27,28)23-13-17(24)7-12-21(23)22(25)26/h3-6,8-11,15,17,21,24H,7,12-14H2,1-2H3,(H,25,26). The van der Waals surface area contributed by atoms with Crippen molar-refractivity contribution in [1.29, 1.82) is 0 Å². The fourth-order valence-corrected chi connectivity index (χ4v) is 5.32. The normalized spacial score (nSPS) is 20.3. The number of β-amino-alcohol motifs (C(OH)–C–C–N with tert-alkyl or cyclic N) is 1. The van der Waals surface area contributed by atoms with Gasteiger partial charge in [-0.2, -0.15) is 4.31 Å². The van der Waals surface area contributed by atoms with Crippen LogP contribution < -0.4 is 4.74 Å². The van der Waals surface area contributed by atoms with Crippen molar-refractivity contribution in [3.8, 4) is 5.75 Å². The van der Waals surface area contributed by atoms with Crippen LogP contribution in [0, 0.1) is 0 Å². The smallest absolute Gasteiger partial charge is 0.322 e. The highest BCUT2D eigenvalue weighted by Crippen LogP contribution is 2.27. The highest BCUT2D eigenvalue weighted by Gasteiger charge is 2.40. The molecule has 0 aliphatic carbocycles. The zero-order valence-electron chi connectivity index (χ0n) is 17.1. The Labute approximate surface area is 177 Å². The van der Waals surface area contributed by atoms with Crippen LogP contribution >= 0.6 is 0 Å². The van der Waals surface area contributed by atoms with Crippen molar-refractivity contribution in [3.63, 3.8) is 0 Å². The summed E-state index contributed by atoms with van der Waals surface area (Å²) in [5, 5.41) is 19.2. The summed E-state index contributed by atoms with van der Waals surface area (Å²) in [6, 6.07) is 12.7. The van der Waals surface area contributed by atoms with Crippen molar-refractivity contribution in [2.45, 2.75) is 56.3 Å². The molecular formula is C22H27NO6S. The Balaban J connectivity index is 1.75. The maximum absolute atomic E-state index is 13.0. The SMILES string of the molecule is CC(C)c1ccccc1COc1ccc(S(=O)(=O)N2CC(O)CCC2C(=O)O)cc1. The molecule has 2 N–H and O–H groups in total. The Morgan fingerprint density at radius 1 is 1.13 bits per heavy atom. The molecule has 0 aromatic heterocycles. The molecule has 1 saturated heterocycles. The topological polar surface area (TPSA) is 104 Å². The summed E-state index contributed by atoms with van der Waals surface area (Å²) in [7, 11) is -4.05. The first-order valence-corrected chi connectivity index (χ1v) is 11.4. The second kappa shape index (κ2) is 9.16. The molecule has 1 heterocycles. The van der Waals surface area contributed by atoms with Crippen molar-refractivity contribution in [2.75, 3.05) is 6.54 Å². The number of sulfonamides is 1. The lowest BCUT2D eigenvalue weighted by molar-refractivity contribution is -0.143. The number of carboxylic acid groups (broad SMARTS) is 1. The average Bonchev–Trinajstić information content (AvgIpc) is 2.72. The predicted octanol–water partition coefficient (Wildman–Crippen LogP) is 2.99. The van der Waals surface area contributed by atoms with Crippen LogP contribution in [0.15, 0.2) is 53.4 Å². The fraction of sp³-hybridized carbons (Fsp3) is 0.409. The Bertz CT molecular complexity index is 987. The molecule has 30 heavy (non-hydrogen) atoms. The molecule has 1 fully saturated rings. The highest BCUT2D eigenvalue weighted by atomic mass is 32.2. The number of rotatable bonds is 7. The van der Waals surface area contributed by atoms with Crippen molar-refractivity contribution in [2.24, 2.45) is 0 Å². The summed E-state index contributed by atoms with van der Waals surface area (Å²) >= 11 is 0. The number of aliphatic hydroxyl groups is 1. The van der Waals surface area contributed by atoms with Crippen molar-refractivity contribution >= 4 is 16.0 Å². The van der Waals surface area contributed by atoms with Crippen LogP contribution in [0.1, 0.15) is 43.7 Å². The molecule has 3 rings (SSSR count). The summed E-state index contributed by atoms with van der Waals surface area (Å²) in [4.78, 5) is 11.5. The minimum absolute atomic E-state index is 0.0298. The third-order valence-corrected chi connectivity index (χ3v) is 7.19. The molecule has 0 saturated carbocycles. The number of ether oxygens (including phenoxy) is 1. The maximum atomic E-state index is 13.0. The van der Waals surface area contributed by atoms with Crippen molar-refractivity contribution < 1.29 is 28.2 Å². The van der Waals surface area contributed by atoms with Gasteiger partial charge in [0.25, 0.3) is 0 Å². The van der Waals surface area contributed by atoms with Gasteiger partial charge in [0.05, 0.1) is 11.0 Å². The van der Waals surface area contributed by atoms with Gasteiger partial charge in [-0.25, -0.2) is 8.42 Å². The number of nitrogens with zero attached hydrogens (tertiary/aromatic N) is 1. The van der Waals surface area contributed by atoms with E-state index in [9.17, 15) is 23.4 Å². The molecule has 0 radical (unpaired) electrons. The molecule has 8 heteroatoms. The first-order chi connectivity index (χ1) is 14.2. The van der Waals surface area contributed by atoms with E-state index in [2.05, 4.69) is 19.9 Å². The van der Waals surface area contributed by atoms with Crippen LogP contribution in [-0.4, -0.2) is 47.6 Å². The number of benzene rings is 2. The summed E-state index contributed by atoms with van der Waals surface area (Å²) in [6.45, 7) is 4.35. The van der Waals surface area contributed by atoms with Gasteiger partial charge in [-0.1, -0.05) is 38.1 Å². The Morgan fingerprint density at radius 3 is 2.43 bits per heavy atom. The van der Waals surface area contributed by atoms with Gasteiger partial charge in [-0.05, 0) is 54.2 Å². The minimum atomic E-state index is -4.05. The minimum Gasteiger partial charge on any atom is -0.489 e. The number of carbonyl (C=O) groups is 1. The quantitative estimate of drug-likeness (QED) is 0.696. The molecule has 162 valence electrons. The first kappa shape index (κ1) is 22.3. The average molecular weight is 434 g/mol. The molecule has 0 spiro atoms. The molecule has 2 unspecified atom stereocenters. The number of hydrogen-bond donors (Lipinski definition) is 2. The number of aliphatic hydroxyl groups excluding tert-OH is 1. The van der Waals surface area contributed by atoms with E-state index in [1.54, 1.807) is 12.1 Å². The number of hydrogen-bond acceptors (Lipinski definition) is 5. The van der Waals surface area contributed by atoms with E-state index < -0.39 is 28.1 Å². The third-order valence-electron chi connectivity index (χ3n) is 5.30. The van der Waals surface area contributed by atoms with E-state index in [4.69, 9.17) is 4.74 Å². The van der Waals surface area contributed by atoms with E-state index >= 15 is 0 Å². The predicted molar refractivity (Wildman–Crippen MR) is 112 cm³/mol. The van der Waals surface area contributed by atoms with Crippen LogP contribution in [0.4, 0.5) is 0 Å². The second-order valence-corrected chi connectivity index (χ2v) is 9.66. The Kier molecular flexibility index (Phi) is 6.80. The van der Waals surface area contributed by atoms with E-state index in [0.717, 1.165) is 9.87 Å². The van der Waals surface area contributed by atoms with Crippen LogP contribution in [0.25, 0.3) is 0 Å². The third kappa shape index (κ3) is 4.83. The molecular weight excluding hydrogens is 406 g/mol. The van der Waals surface area contributed by atoms with Gasteiger partial charge in [-0.15, -0.1) is 0 Å². The zero-order valence-corrected chi connectivity index (χ0v) is 17.9. The van der Waals surface area contributed by atoms with Gasteiger partial charge in [0.2, 0.25) is 10.0 Å². The summed E-state index contributed by atoms with van der Waals surface area (Å²) in [5.74, 6) is -0.338. The zero-order chi connectivity index (χ0) is 21.9. The first-order valence-electron chi connectivity index (χ1n) is 9.93. The molecule has 1 aliphatic rings. The lowest BCUT2D eigenvalue weighted by Gasteiger charge is -2.34. The van der Waals surface area contributed by atoms with Gasteiger partial charge < -0.3 is 14.9 Å². The largest absolute Gasteiger partial charge is 0.489 e. The lowest BCUT2D eigenvalue weighted by atomic mass is 9.98. The summed E-state index contributed by atoms with van der Waals surface area (Å²) in [5.41, 5.74) is 2.26. The maximum Gasteiger partial charge on any atom is 0.322 e. The lowest BCUT2D eigenvalue weighted by Crippen LogP contribution is -2.51. The van der Waals surface area contributed by atoms with E-state index in [1.807, 2.05) is 18.2 Å². The van der Waals surface area contributed by atoms with Gasteiger partial charge in [0, 0.05) is 6.54 Å². The number of carboxylic acids is 1. The monoisotopic (exact) mass is 433 g/mol. The van der Waals surface area contributed by atoms with Crippen LogP contribution in [-0.2, 0) is 21.4 Å². The van der Waals surface area contributed by atoms with E-state index in [-0.39, 0.29) is 24.3 Å². The van der Waals surface area contributed by atoms with E-state index in [0.29, 0.717) is 18.3 Å². The Hall–Kier alpha value is -2.42. The van der Waals surface area contributed by atoms with Crippen LogP contribution in [0.2, 0.25) is 0 Å². The molecule has 1 aliphatic heterocycles. The van der Waals surface area contributed by atoms with E-state index in [1.165, 1.54) is 17.7 Å². The molecule has 2 aromatic carbocycles.